The van der Waals surface area contributed by atoms with E-state index in [2.05, 4.69) is 16.8 Å². The molecule has 0 radical (unpaired) electrons. The van der Waals surface area contributed by atoms with Gasteiger partial charge in [0.05, 0.1) is 12.2 Å². The summed E-state index contributed by atoms with van der Waals surface area (Å²) in [4.78, 5) is 3.98. The molecular formula is C14H12F4N4. The molecule has 22 heavy (non-hydrogen) atoms. The summed E-state index contributed by atoms with van der Waals surface area (Å²) in [7, 11) is 0. The SMILES string of the molecule is C=Nn1cccc(-c2cc(F)cc(C(F)(F)F)c2)/c1=N/CN. The number of halogens is 4. The highest BCUT2D eigenvalue weighted by atomic mass is 19.4. The van der Waals surface area contributed by atoms with Crippen molar-refractivity contribution in [2.75, 3.05) is 6.67 Å². The molecule has 0 saturated carbocycles. The molecule has 1 aromatic carbocycles. The molecule has 0 aliphatic heterocycles. The molecule has 0 bridgehead atoms. The van der Waals surface area contributed by atoms with Gasteiger partial charge in [0.2, 0.25) is 0 Å². The van der Waals surface area contributed by atoms with Gasteiger partial charge in [-0.1, -0.05) is 0 Å². The van der Waals surface area contributed by atoms with Crippen LogP contribution >= 0.6 is 0 Å². The standard InChI is InChI=1S/C14H12F4N4/c1-20-22-4-2-3-12(13(22)21-8-19)9-5-10(14(16,17)18)7-11(15)6-9/h2-7H,1,8,19H2/b21-13-. The molecule has 0 atom stereocenters. The maximum absolute atomic E-state index is 13.5. The second-order valence-corrected chi connectivity index (χ2v) is 4.30. The maximum atomic E-state index is 13.5. The van der Waals surface area contributed by atoms with Crippen LogP contribution in [0.2, 0.25) is 0 Å². The Labute approximate surface area is 123 Å². The molecule has 2 rings (SSSR count). The van der Waals surface area contributed by atoms with Crippen LogP contribution < -0.4 is 11.2 Å². The summed E-state index contributed by atoms with van der Waals surface area (Å²) >= 11 is 0. The lowest BCUT2D eigenvalue weighted by Gasteiger charge is -2.11. The molecule has 0 aliphatic carbocycles. The van der Waals surface area contributed by atoms with E-state index in [-0.39, 0.29) is 23.3 Å². The van der Waals surface area contributed by atoms with E-state index in [1.54, 1.807) is 0 Å². The maximum Gasteiger partial charge on any atom is 0.416 e. The molecule has 2 aromatic rings. The van der Waals surface area contributed by atoms with Gasteiger partial charge in [0.1, 0.15) is 5.82 Å². The van der Waals surface area contributed by atoms with Crippen LogP contribution in [0.4, 0.5) is 17.6 Å². The molecular weight excluding hydrogens is 300 g/mol. The first-order valence-electron chi connectivity index (χ1n) is 6.14. The quantitative estimate of drug-likeness (QED) is 0.687. The molecule has 1 aromatic heterocycles. The van der Waals surface area contributed by atoms with Crippen molar-refractivity contribution in [2.45, 2.75) is 6.18 Å². The first kappa shape index (κ1) is 15.9. The summed E-state index contributed by atoms with van der Waals surface area (Å²) in [5.41, 5.74) is 4.77. The lowest BCUT2D eigenvalue weighted by molar-refractivity contribution is -0.137. The number of hydrogen-bond acceptors (Lipinski definition) is 3. The highest BCUT2D eigenvalue weighted by Crippen LogP contribution is 2.32. The molecule has 0 unspecified atom stereocenters. The Morgan fingerprint density at radius 2 is 1.95 bits per heavy atom. The Balaban J connectivity index is 2.75. The third-order valence-corrected chi connectivity index (χ3v) is 2.88. The number of rotatable bonds is 3. The minimum Gasteiger partial charge on any atom is -0.312 e. The summed E-state index contributed by atoms with van der Waals surface area (Å²) < 4.78 is 53.2. The van der Waals surface area contributed by atoms with Crippen molar-refractivity contribution >= 4 is 6.72 Å². The van der Waals surface area contributed by atoms with E-state index in [9.17, 15) is 17.6 Å². The van der Waals surface area contributed by atoms with Gasteiger partial charge in [-0.05, 0) is 35.9 Å². The fourth-order valence-corrected chi connectivity index (χ4v) is 1.98. The van der Waals surface area contributed by atoms with Gasteiger partial charge in [0.25, 0.3) is 0 Å². The second kappa shape index (κ2) is 6.10. The van der Waals surface area contributed by atoms with Crippen molar-refractivity contribution in [2.24, 2.45) is 15.8 Å². The first-order chi connectivity index (χ1) is 10.4. The molecule has 0 spiro atoms. The predicted octanol–water partition coefficient (Wildman–Crippen LogP) is 2.59. The largest absolute Gasteiger partial charge is 0.416 e. The van der Waals surface area contributed by atoms with Crippen molar-refractivity contribution in [1.82, 2.24) is 4.68 Å². The minimum atomic E-state index is -4.65. The molecule has 0 fully saturated rings. The molecule has 1 heterocycles. The zero-order valence-electron chi connectivity index (χ0n) is 11.3. The lowest BCUT2D eigenvalue weighted by Crippen LogP contribution is -2.21. The number of pyridine rings is 1. The van der Waals surface area contributed by atoms with Gasteiger partial charge in [0, 0.05) is 18.5 Å². The number of benzene rings is 1. The molecule has 0 aliphatic rings. The summed E-state index contributed by atoms with van der Waals surface area (Å²) in [5.74, 6) is -0.995. The van der Waals surface area contributed by atoms with E-state index in [0.29, 0.717) is 6.07 Å². The average molecular weight is 312 g/mol. The van der Waals surface area contributed by atoms with Gasteiger partial charge in [0.15, 0.2) is 5.49 Å². The van der Waals surface area contributed by atoms with Crippen molar-refractivity contribution < 1.29 is 17.6 Å². The summed E-state index contributed by atoms with van der Waals surface area (Å²) in [6, 6.07) is 5.32. The molecule has 8 heteroatoms. The van der Waals surface area contributed by atoms with Crippen LogP contribution in [0.25, 0.3) is 11.1 Å². The van der Waals surface area contributed by atoms with E-state index >= 15 is 0 Å². The number of nitrogens with two attached hydrogens (primary N) is 1. The van der Waals surface area contributed by atoms with Crippen LogP contribution in [0.1, 0.15) is 5.56 Å². The Kier molecular flexibility index (Phi) is 4.41. The minimum absolute atomic E-state index is 0.0255. The summed E-state index contributed by atoms with van der Waals surface area (Å²) in [6.07, 6.45) is -3.14. The average Bonchev–Trinajstić information content (AvgIpc) is 2.46. The van der Waals surface area contributed by atoms with Crippen LogP contribution in [-0.4, -0.2) is 18.1 Å². The van der Waals surface area contributed by atoms with Crippen molar-refractivity contribution in [3.05, 3.63) is 53.4 Å². The highest BCUT2D eigenvalue weighted by molar-refractivity contribution is 5.63. The molecule has 0 amide bonds. The Morgan fingerprint density at radius 1 is 1.23 bits per heavy atom. The second-order valence-electron chi connectivity index (χ2n) is 4.30. The number of hydrogen-bond donors (Lipinski definition) is 1. The van der Waals surface area contributed by atoms with Crippen LogP contribution in [0.3, 0.4) is 0 Å². The highest BCUT2D eigenvalue weighted by Gasteiger charge is 2.31. The van der Waals surface area contributed by atoms with Gasteiger partial charge < -0.3 is 5.73 Å². The summed E-state index contributed by atoms with van der Waals surface area (Å²) in [5, 5.41) is 3.67. The lowest BCUT2D eigenvalue weighted by atomic mass is 10.0. The fraction of sp³-hybridized carbons (Fsp3) is 0.143. The van der Waals surface area contributed by atoms with E-state index in [0.717, 1.165) is 12.1 Å². The van der Waals surface area contributed by atoms with Crippen molar-refractivity contribution in [3.63, 3.8) is 0 Å². The van der Waals surface area contributed by atoms with Crippen LogP contribution in [0.15, 0.2) is 46.6 Å². The van der Waals surface area contributed by atoms with Crippen LogP contribution in [0, 0.1) is 5.82 Å². The molecule has 2 N–H and O–H groups in total. The Bertz CT molecular complexity index is 762. The van der Waals surface area contributed by atoms with Gasteiger partial charge in [-0.15, -0.1) is 0 Å². The zero-order valence-corrected chi connectivity index (χ0v) is 11.3. The van der Waals surface area contributed by atoms with Gasteiger partial charge >= 0.3 is 6.18 Å². The normalized spacial score (nSPS) is 12.5. The van der Waals surface area contributed by atoms with E-state index in [1.165, 1.54) is 23.0 Å². The zero-order chi connectivity index (χ0) is 16.3. The Morgan fingerprint density at radius 3 is 2.55 bits per heavy atom. The number of alkyl halides is 3. The third kappa shape index (κ3) is 3.22. The van der Waals surface area contributed by atoms with E-state index in [1.807, 2.05) is 0 Å². The third-order valence-electron chi connectivity index (χ3n) is 2.88. The van der Waals surface area contributed by atoms with E-state index < -0.39 is 17.6 Å². The van der Waals surface area contributed by atoms with Gasteiger partial charge in [-0.2, -0.15) is 18.3 Å². The van der Waals surface area contributed by atoms with Crippen molar-refractivity contribution in [1.29, 1.82) is 0 Å². The smallest absolute Gasteiger partial charge is 0.312 e. The molecule has 116 valence electrons. The fourth-order valence-electron chi connectivity index (χ4n) is 1.98. The predicted molar refractivity (Wildman–Crippen MR) is 74.4 cm³/mol. The monoisotopic (exact) mass is 312 g/mol. The van der Waals surface area contributed by atoms with Crippen LogP contribution in [0.5, 0.6) is 0 Å². The summed E-state index contributed by atoms with van der Waals surface area (Å²) in [6.45, 7) is 3.24. The Hall–Kier alpha value is -2.48. The first-order valence-corrected chi connectivity index (χ1v) is 6.14. The van der Waals surface area contributed by atoms with Gasteiger partial charge in [-0.3, -0.25) is 4.99 Å². The van der Waals surface area contributed by atoms with Crippen molar-refractivity contribution in [3.8, 4) is 11.1 Å². The van der Waals surface area contributed by atoms with E-state index in [4.69, 9.17) is 5.73 Å². The molecule has 4 nitrogen and oxygen atoms in total. The number of nitrogens with zero attached hydrogens (tertiary/aromatic N) is 3. The molecule has 0 saturated heterocycles. The van der Waals surface area contributed by atoms with Crippen LogP contribution in [-0.2, 0) is 6.18 Å². The number of aromatic nitrogens is 1. The topological polar surface area (TPSA) is 55.7 Å². The van der Waals surface area contributed by atoms with Gasteiger partial charge in [-0.25, -0.2) is 9.07 Å².